The molecule has 21 heavy (non-hydrogen) atoms. The number of hydrogen-bond acceptors (Lipinski definition) is 3. The van der Waals surface area contributed by atoms with Crippen molar-refractivity contribution in [1.82, 2.24) is 9.55 Å². The molecule has 0 bridgehead atoms. The number of nitrogen functional groups attached to an aromatic ring is 1. The molecule has 0 aliphatic carbocycles. The van der Waals surface area contributed by atoms with Crippen molar-refractivity contribution in [2.75, 3.05) is 12.8 Å². The van der Waals surface area contributed by atoms with E-state index in [1.807, 2.05) is 47.2 Å². The molecule has 0 saturated carbocycles. The van der Waals surface area contributed by atoms with E-state index in [2.05, 4.69) is 27.0 Å². The number of hydrogen-bond donors (Lipinski definition) is 1. The lowest BCUT2D eigenvalue weighted by Crippen LogP contribution is -1.98. The fraction of sp³-hybridized carbons (Fsp3) is 0.0625. The summed E-state index contributed by atoms with van der Waals surface area (Å²) >= 11 is 3.49. The number of aromatic nitrogens is 2. The molecule has 0 radical (unpaired) electrons. The summed E-state index contributed by atoms with van der Waals surface area (Å²) in [5.41, 5.74) is 9.61. The Kier molecular flexibility index (Phi) is 3.66. The number of nitrogens with two attached hydrogens (primary N) is 1. The first-order chi connectivity index (χ1) is 10.2. The molecule has 3 aromatic rings. The lowest BCUT2D eigenvalue weighted by Gasteiger charge is -2.11. The van der Waals surface area contributed by atoms with Crippen LogP contribution in [0.4, 0.5) is 5.69 Å². The van der Waals surface area contributed by atoms with E-state index in [4.69, 9.17) is 10.5 Å². The van der Waals surface area contributed by atoms with Gasteiger partial charge < -0.3 is 10.5 Å². The van der Waals surface area contributed by atoms with Crippen LogP contribution < -0.4 is 10.5 Å². The molecule has 5 heteroatoms. The van der Waals surface area contributed by atoms with E-state index in [9.17, 15) is 0 Å². The molecule has 0 fully saturated rings. The summed E-state index contributed by atoms with van der Waals surface area (Å²) in [4.78, 5) is 4.25. The molecular weight excluding hydrogens is 330 g/mol. The minimum absolute atomic E-state index is 0.601. The van der Waals surface area contributed by atoms with E-state index < -0.39 is 0 Å². The SMILES string of the molecule is COc1ccc(-n2cncc2-c2cccc(Br)c2)cc1N. The van der Waals surface area contributed by atoms with E-state index in [1.54, 1.807) is 13.4 Å². The Balaban J connectivity index is 2.09. The number of benzene rings is 2. The molecule has 4 nitrogen and oxygen atoms in total. The molecule has 1 aromatic heterocycles. The molecule has 0 aliphatic rings. The quantitative estimate of drug-likeness (QED) is 0.734. The zero-order valence-electron chi connectivity index (χ0n) is 11.5. The van der Waals surface area contributed by atoms with Gasteiger partial charge in [0.25, 0.3) is 0 Å². The lowest BCUT2D eigenvalue weighted by atomic mass is 10.1. The summed E-state index contributed by atoms with van der Waals surface area (Å²) in [6, 6.07) is 13.8. The van der Waals surface area contributed by atoms with Gasteiger partial charge >= 0.3 is 0 Å². The molecule has 0 saturated heterocycles. The molecule has 1 heterocycles. The maximum atomic E-state index is 5.98. The Morgan fingerprint density at radius 3 is 2.76 bits per heavy atom. The molecular formula is C16H14BrN3O. The highest BCUT2D eigenvalue weighted by Gasteiger charge is 2.09. The predicted molar refractivity (Wildman–Crippen MR) is 87.7 cm³/mol. The largest absolute Gasteiger partial charge is 0.495 e. The van der Waals surface area contributed by atoms with E-state index in [0.29, 0.717) is 11.4 Å². The highest BCUT2D eigenvalue weighted by atomic mass is 79.9. The van der Waals surface area contributed by atoms with Gasteiger partial charge in [0.2, 0.25) is 0 Å². The Hall–Kier alpha value is -2.27. The van der Waals surface area contributed by atoms with Crippen molar-refractivity contribution in [1.29, 1.82) is 0 Å². The Labute approximate surface area is 131 Å². The van der Waals surface area contributed by atoms with Crippen molar-refractivity contribution in [2.45, 2.75) is 0 Å². The van der Waals surface area contributed by atoms with Crippen molar-refractivity contribution < 1.29 is 4.74 Å². The van der Waals surface area contributed by atoms with Gasteiger partial charge in [-0.25, -0.2) is 4.98 Å². The van der Waals surface area contributed by atoms with Crippen LogP contribution in [0, 0.1) is 0 Å². The zero-order valence-corrected chi connectivity index (χ0v) is 13.0. The molecule has 0 amide bonds. The zero-order chi connectivity index (χ0) is 14.8. The second kappa shape index (κ2) is 5.61. The average molecular weight is 344 g/mol. The van der Waals surface area contributed by atoms with Gasteiger partial charge in [-0.1, -0.05) is 28.1 Å². The van der Waals surface area contributed by atoms with E-state index in [0.717, 1.165) is 21.4 Å². The molecule has 0 spiro atoms. The van der Waals surface area contributed by atoms with Gasteiger partial charge in [-0.3, -0.25) is 4.57 Å². The van der Waals surface area contributed by atoms with Gasteiger partial charge in [0, 0.05) is 15.7 Å². The topological polar surface area (TPSA) is 53.1 Å². The molecule has 0 unspecified atom stereocenters. The number of rotatable bonds is 3. The predicted octanol–water partition coefficient (Wildman–Crippen LogP) is 3.89. The third kappa shape index (κ3) is 2.64. The summed E-state index contributed by atoms with van der Waals surface area (Å²) in [5.74, 6) is 0.669. The Morgan fingerprint density at radius 1 is 1.19 bits per heavy atom. The summed E-state index contributed by atoms with van der Waals surface area (Å²) in [7, 11) is 1.61. The first kappa shape index (κ1) is 13.7. The van der Waals surface area contributed by atoms with Gasteiger partial charge in [0.05, 0.1) is 31.0 Å². The minimum Gasteiger partial charge on any atom is -0.495 e. The van der Waals surface area contributed by atoms with E-state index in [1.165, 1.54) is 0 Å². The van der Waals surface area contributed by atoms with Crippen LogP contribution in [0.3, 0.4) is 0 Å². The summed E-state index contributed by atoms with van der Waals surface area (Å²) < 4.78 is 8.22. The van der Waals surface area contributed by atoms with Crippen LogP contribution in [0.5, 0.6) is 5.75 Å². The Morgan fingerprint density at radius 2 is 2.05 bits per heavy atom. The molecule has 3 rings (SSSR count). The second-order valence-electron chi connectivity index (χ2n) is 4.59. The number of anilines is 1. The molecule has 0 atom stereocenters. The first-order valence-electron chi connectivity index (χ1n) is 6.41. The van der Waals surface area contributed by atoms with Gasteiger partial charge in [0.1, 0.15) is 5.75 Å². The van der Waals surface area contributed by atoms with Gasteiger partial charge in [-0.2, -0.15) is 0 Å². The molecule has 2 aromatic carbocycles. The highest BCUT2D eigenvalue weighted by Crippen LogP contribution is 2.28. The maximum Gasteiger partial charge on any atom is 0.141 e. The molecule has 2 N–H and O–H groups in total. The molecule has 106 valence electrons. The summed E-state index contributed by atoms with van der Waals surface area (Å²) in [6.07, 6.45) is 3.61. The van der Waals surface area contributed by atoms with Crippen molar-refractivity contribution in [3.8, 4) is 22.7 Å². The van der Waals surface area contributed by atoms with Crippen LogP contribution in [0.25, 0.3) is 16.9 Å². The van der Waals surface area contributed by atoms with Crippen LogP contribution in [0.2, 0.25) is 0 Å². The normalized spacial score (nSPS) is 10.6. The number of methoxy groups -OCH3 is 1. The fourth-order valence-corrected chi connectivity index (χ4v) is 2.63. The monoisotopic (exact) mass is 343 g/mol. The third-order valence-electron chi connectivity index (χ3n) is 3.25. The van der Waals surface area contributed by atoms with Gasteiger partial charge in [0.15, 0.2) is 0 Å². The number of halogens is 1. The number of nitrogens with zero attached hydrogens (tertiary/aromatic N) is 2. The van der Waals surface area contributed by atoms with Crippen LogP contribution in [-0.2, 0) is 0 Å². The van der Waals surface area contributed by atoms with Crippen molar-refractivity contribution in [3.05, 3.63) is 59.5 Å². The maximum absolute atomic E-state index is 5.98. The van der Waals surface area contributed by atoms with Crippen molar-refractivity contribution >= 4 is 21.6 Å². The summed E-state index contributed by atoms with van der Waals surface area (Å²) in [5, 5.41) is 0. The Bertz CT molecular complexity index is 783. The van der Waals surface area contributed by atoms with Gasteiger partial charge in [-0.05, 0) is 30.3 Å². The van der Waals surface area contributed by atoms with Crippen molar-refractivity contribution in [3.63, 3.8) is 0 Å². The minimum atomic E-state index is 0.601. The van der Waals surface area contributed by atoms with Crippen LogP contribution >= 0.6 is 15.9 Å². The van der Waals surface area contributed by atoms with E-state index in [-0.39, 0.29) is 0 Å². The van der Waals surface area contributed by atoms with Crippen LogP contribution in [0.15, 0.2) is 59.5 Å². The smallest absolute Gasteiger partial charge is 0.141 e. The van der Waals surface area contributed by atoms with Crippen LogP contribution in [0.1, 0.15) is 0 Å². The molecule has 0 aliphatic heterocycles. The standard InChI is InChI=1S/C16H14BrN3O/c1-21-16-6-5-13(8-14(16)18)20-10-19-9-15(20)11-3-2-4-12(17)7-11/h2-10H,18H2,1H3. The third-order valence-corrected chi connectivity index (χ3v) is 3.74. The lowest BCUT2D eigenvalue weighted by molar-refractivity contribution is 0.417. The average Bonchev–Trinajstić information content (AvgIpc) is 2.96. The highest BCUT2D eigenvalue weighted by molar-refractivity contribution is 9.10. The second-order valence-corrected chi connectivity index (χ2v) is 5.50. The fourth-order valence-electron chi connectivity index (χ4n) is 2.23. The van der Waals surface area contributed by atoms with Crippen molar-refractivity contribution in [2.24, 2.45) is 0 Å². The summed E-state index contributed by atoms with van der Waals surface area (Å²) in [6.45, 7) is 0. The van der Waals surface area contributed by atoms with Crippen LogP contribution in [-0.4, -0.2) is 16.7 Å². The number of ether oxygens (including phenoxy) is 1. The van der Waals surface area contributed by atoms with E-state index >= 15 is 0 Å². The number of imidazole rings is 1. The first-order valence-corrected chi connectivity index (χ1v) is 7.20. The van der Waals surface area contributed by atoms with Gasteiger partial charge in [-0.15, -0.1) is 0 Å².